The Morgan fingerprint density at radius 3 is 2.55 bits per heavy atom. The fourth-order valence-corrected chi connectivity index (χ4v) is 5.27. The van der Waals surface area contributed by atoms with Crippen LogP contribution in [0.4, 0.5) is 0 Å². The summed E-state index contributed by atoms with van der Waals surface area (Å²) >= 11 is 0. The van der Waals surface area contributed by atoms with Crippen molar-refractivity contribution >= 4 is 11.8 Å². The molecule has 1 aliphatic rings. The summed E-state index contributed by atoms with van der Waals surface area (Å²) in [7, 11) is 3.27. The first kappa shape index (κ1) is 24.6. The Balaban J connectivity index is 1.71. The van der Waals surface area contributed by atoms with Crippen LogP contribution < -0.4 is 10.1 Å². The maximum absolute atomic E-state index is 13.5. The third kappa shape index (κ3) is 5.83. The smallest absolute Gasteiger partial charge is 0.274 e. The number of carbonyl (C=O) groups is 2. The first-order chi connectivity index (χ1) is 15.5. The number of rotatable bonds is 7. The van der Waals surface area contributed by atoms with Gasteiger partial charge < -0.3 is 20.1 Å². The van der Waals surface area contributed by atoms with Gasteiger partial charge in [-0.2, -0.15) is 0 Å². The Hall–Kier alpha value is -3.09. The summed E-state index contributed by atoms with van der Waals surface area (Å²) in [6.07, 6.45) is 4.22. The first-order valence-electron chi connectivity index (χ1n) is 11.4. The number of benzene rings is 1. The van der Waals surface area contributed by atoms with E-state index in [0.717, 1.165) is 19.3 Å². The number of amides is 2. The lowest BCUT2D eigenvalue weighted by molar-refractivity contribution is -0.144. The second-order valence-electron chi connectivity index (χ2n) is 10.2. The van der Waals surface area contributed by atoms with E-state index in [9.17, 15) is 14.7 Å². The molecule has 1 fully saturated rings. The molecule has 1 aromatic carbocycles. The van der Waals surface area contributed by atoms with Gasteiger partial charge in [0.15, 0.2) is 17.2 Å². The molecule has 0 aliphatic heterocycles. The molecule has 1 aliphatic carbocycles. The fourth-order valence-electron chi connectivity index (χ4n) is 5.27. The lowest BCUT2D eigenvalue weighted by atomic mass is 9.62. The van der Waals surface area contributed by atoms with E-state index in [0.29, 0.717) is 13.0 Å². The van der Waals surface area contributed by atoms with Gasteiger partial charge in [-0.15, -0.1) is 0 Å². The average Bonchev–Trinajstić information content (AvgIpc) is 2.76. The van der Waals surface area contributed by atoms with Crippen molar-refractivity contribution in [3.8, 4) is 11.5 Å². The van der Waals surface area contributed by atoms with Crippen molar-refractivity contribution < 1.29 is 19.4 Å². The van der Waals surface area contributed by atoms with E-state index in [1.165, 1.54) is 24.9 Å². The van der Waals surface area contributed by atoms with Crippen LogP contribution in [0.3, 0.4) is 0 Å². The minimum Gasteiger partial charge on any atom is -0.503 e. The molecule has 0 saturated heterocycles. The molecule has 0 bridgehead atoms. The summed E-state index contributed by atoms with van der Waals surface area (Å²) in [6.45, 7) is 6.89. The molecule has 33 heavy (non-hydrogen) atoms. The first-order valence-corrected chi connectivity index (χ1v) is 11.4. The van der Waals surface area contributed by atoms with E-state index in [1.54, 1.807) is 0 Å². The fraction of sp³-hybridized carbons (Fsp3) is 0.500. The molecule has 2 atom stereocenters. The number of aromatic hydroxyl groups is 1. The zero-order valence-corrected chi connectivity index (χ0v) is 20.2. The minimum absolute atomic E-state index is 0.0780. The maximum atomic E-state index is 13.5. The van der Waals surface area contributed by atoms with Gasteiger partial charge in [-0.1, -0.05) is 51.1 Å². The number of ether oxygens (including phenoxy) is 1. The van der Waals surface area contributed by atoms with E-state index in [4.69, 9.17) is 4.74 Å². The summed E-state index contributed by atoms with van der Waals surface area (Å²) < 4.78 is 5.08. The van der Waals surface area contributed by atoms with Crippen LogP contribution in [0, 0.1) is 10.8 Å². The number of aromatic nitrogens is 1. The molecule has 7 nitrogen and oxygen atoms in total. The summed E-state index contributed by atoms with van der Waals surface area (Å²) in [5.74, 6) is -0.472. The van der Waals surface area contributed by atoms with Gasteiger partial charge in [-0.25, -0.2) is 4.98 Å². The molecule has 3 rings (SSSR count). The second kappa shape index (κ2) is 9.81. The van der Waals surface area contributed by atoms with E-state index in [-0.39, 0.29) is 34.6 Å². The van der Waals surface area contributed by atoms with E-state index < -0.39 is 11.3 Å². The molecule has 0 spiro atoms. The van der Waals surface area contributed by atoms with Crippen molar-refractivity contribution in [2.75, 3.05) is 20.7 Å². The third-order valence-electron chi connectivity index (χ3n) is 6.46. The standard InChI is InChI=1S/C26H35N3O4/c1-25(2)15-19(28-23(31)21-22(30)20(33-5)11-13-27-21)16-26(3,17-25)24(32)29(4)14-12-18-9-7-6-8-10-18/h6-11,13,19,30H,12,14-17H2,1-5H3,(H,28,31)/t19?,26-/m1/s1. The van der Waals surface area contributed by atoms with E-state index in [2.05, 4.69) is 36.3 Å². The van der Waals surface area contributed by atoms with Crippen molar-refractivity contribution in [1.29, 1.82) is 0 Å². The van der Waals surface area contributed by atoms with Gasteiger partial charge in [0.25, 0.3) is 5.91 Å². The molecule has 1 saturated carbocycles. The average molecular weight is 454 g/mol. The summed E-state index contributed by atoms with van der Waals surface area (Å²) in [5, 5.41) is 13.3. The minimum atomic E-state index is -0.602. The number of methoxy groups -OCH3 is 1. The van der Waals surface area contributed by atoms with Crippen LogP contribution in [-0.2, 0) is 11.2 Å². The number of hydrogen-bond donors (Lipinski definition) is 2. The third-order valence-corrected chi connectivity index (χ3v) is 6.46. The highest BCUT2D eigenvalue weighted by Crippen LogP contribution is 2.47. The van der Waals surface area contributed by atoms with Crippen LogP contribution in [0.15, 0.2) is 42.6 Å². The van der Waals surface area contributed by atoms with Crippen molar-refractivity contribution in [1.82, 2.24) is 15.2 Å². The Kier molecular flexibility index (Phi) is 7.30. The summed E-state index contributed by atoms with van der Waals surface area (Å²) in [6, 6.07) is 11.4. The van der Waals surface area contributed by atoms with Crippen molar-refractivity contribution in [3.05, 3.63) is 53.9 Å². The van der Waals surface area contributed by atoms with Crippen LogP contribution in [0.25, 0.3) is 0 Å². The molecule has 1 aromatic heterocycles. The Labute approximate surface area is 196 Å². The van der Waals surface area contributed by atoms with Gasteiger partial charge in [0.05, 0.1) is 7.11 Å². The van der Waals surface area contributed by atoms with Gasteiger partial charge in [-0.3, -0.25) is 9.59 Å². The molecule has 2 amide bonds. The number of hydrogen-bond acceptors (Lipinski definition) is 5. The van der Waals surface area contributed by atoms with Gasteiger partial charge in [0.1, 0.15) is 0 Å². The highest BCUT2D eigenvalue weighted by atomic mass is 16.5. The zero-order valence-electron chi connectivity index (χ0n) is 20.2. The van der Waals surface area contributed by atoms with Crippen molar-refractivity contribution in [2.45, 2.75) is 52.5 Å². The predicted molar refractivity (Wildman–Crippen MR) is 127 cm³/mol. The highest BCUT2D eigenvalue weighted by Gasteiger charge is 2.47. The Morgan fingerprint density at radius 1 is 1.18 bits per heavy atom. The second-order valence-corrected chi connectivity index (χ2v) is 10.2. The lowest BCUT2D eigenvalue weighted by Gasteiger charge is -2.47. The molecular formula is C26H35N3O4. The van der Waals surface area contributed by atoms with Crippen molar-refractivity contribution in [2.24, 2.45) is 10.8 Å². The zero-order chi connectivity index (χ0) is 24.2. The number of nitrogens with zero attached hydrogens (tertiary/aromatic N) is 2. The molecular weight excluding hydrogens is 418 g/mol. The van der Waals surface area contributed by atoms with Crippen molar-refractivity contribution in [3.63, 3.8) is 0 Å². The quantitative estimate of drug-likeness (QED) is 0.665. The molecule has 7 heteroatoms. The molecule has 1 unspecified atom stereocenters. The van der Waals surface area contributed by atoms with Crippen LogP contribution in [-0.4, -0.2) is 53.5 Å². The summed E-state index contributed by atoms with van der Waals surface area (Å²) in [5.41, 5.74) is 0.382. The maximum Gasteiger partial charge on any atom is 0.274 e. The molecule has 2 aromatic rings. The lowest BCUT2D eigenvalue weighted by Crippen LogP contribution is -2.52. The monoisotopic (exact) mass is 453 g/mol. The Bertz CT molecular complexity index is 992. The number of likely N-dealkylation sites (N-methyl/N-ethyl adjacent to an activating group) is 1. The molecule has 0 radical (unpaired) electrons. The van der Waals surface area contributed by atoms with E-state index in [1.807, 2.05) is 37.1 Å². The van der Waals surface area contributed by atoms with Crippen LogP contribution in [0.5, 0.6) is 11.5 Å². The van der Waals surface area contributed by atoms with Crippen LogP contribution in [0.2, 0.25) is 0 Å². The van der Waals surface area contributed by atoms with Gasteiger partial charge in [0, 0.05) is 37.3 Å². The predicted octanol–water partition coefficient (Wildman–Crippen LogP) is 3.81. The number of nitrogens with one attached hydrogen (secondary N) is 1. The SMILES string of the molecule is COc1ccnc(C(=O)NC2CC(C)(C)C[C@](C)(C(=O)N(C)CCc3ccccc3)C2)c1O. The largest absolute Gasteiger partial charge is 0.503 e. The van der Waals surface area contributed by atoms with Gasteiger partial charge in [0.2, 0.25) is 5.91 Å². The van der Waals surface area contributed by atoms with E-state index >= 15 is 0 Å². The Morgan fingerprint density at radius 2 is 1.88 bits per heavy atom. The van der Waals surface area contributed by atoms with Crippen LogP contribution >= 0.6 is 0 Å². The van der Waals surface area contributed by atoms with Gasteiger partial charge in [-0.05, 0) is 36.7 Å². The number of pyridine rings is 1. The number of carbonyl (C=O) groups excluding carboxylic acids is 2. The highest BCUT2D eigenvalue weighted by molar-refractivity contribution is 5.95. The van der Waals surface area contributed by atoms with Crippen LogP contribution in [0.1, 0.15) is 56.1 Å². The molecule has 2 N–H and O–H groups in total. The van der Waals surface area contributed by atoms with Gasteiger partial charge >= 0.3 is 0 Å². The molecule has 1 heterocycles. The summed E-state index contributed by atoms with van der Waals surface area (Å²) in [4.78, 5) is 32.2. The molecule has 178 valence electrons. The topological polar surface area (TPSA) is 91.8 Å². The normalized spacial score (nSPS) is 21.8.